The highest BCUT2D eigenvalue weighted by Gasteiger charge is 2.11. The Hall–Kier alpha value is -1.61. The summed E-state index contributed by atoms with van der Waals surface area (Å²) in [5.74, 6) is 0.765. The number of nitrogens with zero attached hydrogens (tertiary/aromatic N) is 1. The Morgan fingerprint density at radius 1 is 1.39 bits per heavy atom. The van der Waals surface area contributed by atoms with Crippen molar-refractivity contribution < 1.29 is 9.53 Å². The minimum atomic E-state index is 0.105. The Balaban J connectivity index is 2.64. The second kappa shape index (κ2) is 4.94. The zero-order valence-corrected chi connectivity index (χ0v) is 11.3. The zero-order chi connectivity index (χ0) is 13.3. The highest BCUT2D eigenvalue weighted by atomic mass is 35.5. The first-order valence-corrected chi connectivity index (χ1v) is 6.12. The van der Waals surface area contributed by atoms with Crippen LogP contribution in [0.25, 0.3) is 10.9 Å². The molecule has 0 saturated heterocycles. The first kappa shape index (κ1) is 12.8. The Bertz CT molecular complexity index is 608. The van der Waals surface area contributed by atoms with Gasteiger partial charge < -0.3 is 4.74 Å². The monoisotopic (exact) mass is 263 g/mol. The molecule has 0 radical (unpaired) electrons. The Morgan fingerprint density at radius 3 is 2.72 bits per heavy atom. The number of benzene rings is 1. The number of fused-ring (bicyclic) bond motifs is 1. The molecular weight excluding hydrogens is 250 g/mol. The van der Waals surface area contributed by atoms with E-state index < -0.39 is 0 Å². The van der Waals surface area contributed by atoms with Crippen LogP contribution in [-0.2, 0) is 0 Å². The average molecular weight is 264 g/mol. The van der Waals surface area contributed by atoms with Gasteiger partial charge >= 0.3 is 0 Å². The molecule has 3 nitrogen and oxygen atoms in total. The van der Waals surface area contributed by atoms with E-state index in [2.05, 4.69) is 4.98 Å². The lowest BCUT2D eigenvalue weighted by atomic mass is 10.1. The summed E-state index contributed by atoms with van der Waals surface area (Å²) in [6.07, 6.45) is 0.841. The lowest BCUT2D eigenvalue weighted by molar-refractivity contribution is 0.112. The molecule has 1 aromatic carbocycles. The van der Waals surface area contributed by atoms with Crippen molar-refractivity contribution in [2.24, 2.45) is 0 Å². The van der Waals surface area contributed by atoms with E-state index in [0.29, 0.717) is 5.56 Å². The predicted molar refractivity (Wildman–Crippen MR) is 72.6 cm³/mol. The lowest BCUT2D eigenvalue weighted by Gasteiger charge is -2.12. The van der Waals surface area contributed by atoms with Crippen LogP contribution in [0, 0.1) is 6.92 Å². The van der Waals surface area contributed by atoms with Crippen molar-refractivity contribution in [2.45, 2.75) is 26.9 Å². The van der Waals surface area contributed by atoms with Crippen molar-refractivity contribution in [3.05, 3.63) is 34.5 Å². The molecule has 18 heavy (non-hydrogen) atoms. The number of rotatable bonds is 3. The molecule has 2 rings (SSSR count). The molecule has 0 amide bonds. The van der Waals surface area contributed by atoms with Crippen molar-refractivity contribution in [1.82, 2.24) is 4.98 Å². The highest BCUT2D eigenvalue weighted by molar-refractivity contribution is 6.32. The fraction of sp³-hybridized carbons (Fsp3) is 0.286. The van der Waals surface area contributed by atoms with Crippen LogP contribution in [0.3, 0.4) is 0 Å². The zero-order valence-electron chi connectivity index (χ0n) is 10.5. The second-order valence-electron chi connectivity index (χ2n) is 4.40. The van der Waals surface area contributed by atoms with Gasteiger partial charge in [0.25, 0.3) is 0 Å². The molecular formula is C14H14ClNO2. The van der Waals surface area contributed by atoms with Crippen molar-refractivity contribution in [3.63, 3.8) is 0 Å². The van der Waals surface area contributed by atoms with Gasteiger partial charge in [0.05, 0.1) is 17.2 Å². The van der Waals surface area contributed by atoms with E-state index in [9.17, 15) is 4.79 Å². The number of hydrogen-bond acceptors (Lipinski definition) is 3. The highest BCUT2D eigenvalue weighted by Crippen LogP contribution is 2.28. The van der Waals surface area contributed by atoms with Crippen LogP contribution in [0.4, 0.5) is 0 Å². The van der Waals surface area contributed by atoms with Gasteiger partial charge in [-0.3, -0.25) is 4.79 Å². The number of aryl methyl sites for hydroxylation is 1. The maximum atomic E-state index is 11.0. The molecule has 0 bridgehead atoms. The lowest BCUT2D eigenvalue weighted by Crippen LogP contribution is -2.05. The first-order valence-electron chi connectivity index (χ1n) is 5.74. The van der Waals surface area contributed by atoms with Gasteiger partial charge in [-0.2, -0.15) is 0 Å². The summed E-state index contributed by atoms with van der Waals surface area (Å²) < 4.78 is 5.63. The minimum Gasteiger partial charge on any atom is -0.491 e. The number of carbonyl (C=O) groups is 1. The van der Waals surface area contributed by atoms with Crippen LogP contribution >= 0.6 is 11.6 Å². The first-order chi connectivity index (χ1) is 8.52. The van der Waals surface area contributed by atoms with Gasteiger partial charge in [0.15, 0.2) is 6.29 Å². The van der Waals surface area contributed by atoms with Crippen LogP contribution in [0.15, 0.2) is 18.2 Å². The van der Waals surface area contributed by atoms with Gasteiger partial charge in [-0.1, -0.05) is 11.6 Å². The summed E-state index contributed by atoms with van der Waals surface area (Å²) in [6, 6.07) is 5.59. The third-order valence-corrected chi connectivity index (χ3v) is 2.99. The molecule has 0 unspecified atom stereocenters. The maximum absolute atomic E-state index is 11.0. The summed E-state index contributed by atoms with van der Waals surface area (Å²) in [5, 5.41) is 1.13. The number of hydrogen-bond donors (Lipinski definition) is 0. The average Bonchev–Trinajstić information content (AvgIpc) is 2.30. The van der Waals surface area contributed by atoms with Gasteiger partial charge in [0.2, 0.25) is 0 Å². The van der Waals surface area contributed by atoms with Gasteiger partial charge in [0.1, 0.15) is 10.9 Å². The third-order valence-electron chi connectivity index (χ3n) is 2.71. The van der Waals surface area contributed by atoms with Crippen LogP contribution in [0.1, 0.15) is 29.8 Å². The fourth-order valence-electron chi connectivity index (χ4n) is 1.86. The maximum Gasteiger partial charge on any atom is 0.153 e. The number of aromatic nitrogens is 1. The molecule has 2 aromatic rings. The molecule has 1 heterocycles. The number of carbonyl (C=O) groups excluding carboxylic acids is 1. The van der Waals surface area contributed by atoms with Crippen molar-refractivity contribution in [1.29, 1.82) is 0 Å². The number of halogens is 1. The van der Waals surface area contributed by atoms with Crippen molar-refractivity contribution >= 4 is 28.8 Å². The summed E-state index contributed by atoms with van der Waals surface area (Å²) in [7, 11) is 0. The third kappa shape index (κ3) is 2.31. The van der Waals surface area contributed by atoms with Gasteiger partial charge in [-0.25, -0.2) is 4.98 Å². The SMILES string of the molecule is Cc1c(C=O)c(Cl)nc2ccc(OC(C)C)cc12. The van der Waals surface area contributed by atoms with E-state index in [4.69, 9.17) is 16.3 Å². The summed E-state index contributed by atoms with van der Waals surface area (Å²) in [4.78, 5) is 15.2. The van der Waals surface area contributed by atoms with Gasteiger partial charge in [-0.15, -0.1) is 0 Å². The molecule has 0 N–H and O–H groups in total. The van der Waals surface area contributed by atoms with Crippen LogP contribution in [0.2, 0.25) is 5.15 Å². The van der Waals surface area contributed by atoms with E-state index >= 15 is 0 Å². The molecule has 0 atom stereocenters. The Kier molecular flexibility index (Phi) is 3.53. The minimum absolute atomic E-state index is 0.105. The van der Waals surface area contributed by atoms with Gasteiger partial charge in [-0.05, 0) is 44.5 Å². The molecule has 94 valence electrons. The van der Waals surface area contributed by atoms with Crippen LogP contribution in [-0.4, -0.2) is 17.4 Å². The molecule has 1 aromatic heterocycles. The molecule has 0 aliphatic heterocycles. The van der Waals surface area contributed by atoms with E-state index in [-0.39, 0.29) is 11.3 Å². The van der Waals surface area contributed by atoms with E-state index in [1.54, 1.807) is 0 Å². The number of ether oxygens (including phenoxy) is 1. The van der Waals surface area contributed by atoms with E-state index in [0.717, 1.165) is 28.5 Å². The van der Waals surface area contributed by atoms with E-state index in [1.165, 1.54) is 0 Å². The summed E-state index contributed by atoms with van der Waals surface area (Å²) >= 11 is 5.96. The quantitative estimate of drug-likeness (QED) is 0.625. The standard InChI is InChI=1S/C14H14ClNO2/c1-8(2)18-10-4-5-13-11(6-10)9(3)12(7-17)14(15)16-13/h4-8H,1-3H3. The second-order valence-corrected chi connectivity index (χ2v) is 4.76. The predicted octanol–water partition coefficient (Wildman–Crippen LogP) is 3.80. The fourth-order valence-corrected chi connectivity index (χ4v) is 2.14. The number of pyridine rings is 1. The molecule has 0 aliphatic carbocycles. The number of aldehydes is 1. The topological polar surface area (TPSA) is 39.2 Å². The Labute approximate surface area is 111 Å². The molecule has 0 fully saturated rings. The van der Waals surface area contributed by atoms with Crippen LogP contribution < -0.4 is 4.74 Å². The van der Waals surface area contributed by atoms with Crippen LogP contribution in [0.5, 0.6) is 5.75 Å². The molecule has 0 aliphatic rings. The van der Waals surface area contributed by atoms with Gasteiger partial charge in [0, 0.05) is 5.39 Å². The summed E-state index contributed by atoms with van der Waals surface area (Å²) in [5.41, 5.74) is 2.03. The summed E-state index contributed by atoms with van der Waals surface area (Å²) in [6.45, 7) is 5.79. The smallest absolute Gasteiger partial charge is 0.153 e. The van der Waals surface area contributed by atoms with Crippen molar-refractivity contribution in [2.75, 3.05) is 0 Å². The van der Waals surface area contributed by atoms with Crippen molar-refractivity contribution in [3.8, 4) is 5.75 Å². The van der Waals surface area contributed by atoms with E-state index in [1.807, 2.05) is 39.0 Å². The normalized spacial score (nSPS) is 10.9. The Morgan fingerprint density at radius 2 is 2.11 bits per heavy atom. The molecule has 0 spiro atoms. The largest absolute Gasteiger partial charge is 0.491 e. The molecule has 4 heteroatoms. The molecule has 0 saturated carbocycles.